The zero-order chi connectivity index (χ0) is 13.8. The second kappa shape index (κ2) is 5.82. The van der Waals surface area contributed by atoms with Crippen LogP contribution in [0.25, 0.3) is 0 Å². The van der Waals surface area contributed by atoms with Crippen molar-refractivity contribution in [1.29, 1.82) is 0 Å². The molecule has 1 rings (SSSR count). The van der Waals surface area contributed by atoms with E-state index in [0.29, 0.717) is 19.0 Å². The maximum Gasteiger partial charge on any atom is 0.335 e. The SMILES string of the molecule is COCCNc1cc(C(=O)O)cc(C(C)(C)C)n1. The van der Waals surface area contributed by atoms with E-state index >= 15 is 0 Å². The summed E-state index contributed by atoms with van der Waals surface area (Å²) in [6.07, 6.45) is 0. The largest absolute Gasteiger partial charge is 0.478 e. The molecule has 0 bridgehead atoms. The lowest BCUT2D eigenvalue weighted by Crippen LogP contribution is -2.17. The normalized spacial score (nSPS) is 11.3. The third-order valence-corrected chi connectivity index (χ3v) is 2.45. The van der Waals surface area contributed by atoms with Crippen LogP contribution in [0, 0.1) is 0 Å². The molecule has 0 aliphatic heterocycles. The Morgan fingerprint density at radius 1 is 1.44 bits per heavy atom. The Morgan fingerprint density at radius 2 is 2.11 bits per heavy atom. The summed E-state index contributed by atoms with van der Waals surface area (Å²) in [4.78, 5) is 15.5. The number of nitrogens with one attached hydrogen (secondary N) is 1. The van der Waals surface area contributed by atoms with Gasteiger partial charge in [-0.2, -0.15) is 0 Å². The van der Waals surface area contributed by atoms with Crippen molar-refractivity contribution in [2.75, 3.05) is 25.6 Å². The fourth-order valence-electron chi connectivity index (χ4n) is 1.41. The predicted molar refractivity (Wildman–Crippen MR) is 70.3 cm³/mol. The third kappa shape index (κ3) is 4.00. The van der Waals surface area contributed by atoms with Crippen molar-refractivity contribution in [3.05, 3.63) is 23.4 Å². The molecule has 5 nitrogen and oxygen atoms in total. The number of hydrogen-bond donors (Lipinski definition) is 2. The van der Waals surface area contributed by atoms with E-state index in [0.717, 1.165) is 5.69 Å². The molecule has 2 N–H and O–H groups in total. The molecule has 0 amide bonds. The van der Waals surface area contributed by atoms with E-state index in [-0.39, 0.29) is 11.0 Å². The number of carboxylic acids is 1. The van der Waals surface area contributed by atoms with Crippen LogP contribution in [0.5, 0.6) is 0 Å². The van der Waals surface area contributed by atoms with Gasteiger partial charge in [-0.15, -0.1) is 0 Å². The summed E-state index contributed by atoms with van der Waals surface area (Å²) < 4.78 is 4.93. The number of aromatic nitrogens is 1. The van der Waals surface area contributed by atoms with Crippen LogP contribution in [-0.4, -0.2) is 36.3 Å². The van der Waals surface area contributed by atoms with E-state index in [1.807, 2.05) is 20.8 Å². The number of ether oxygens (including phenoxy) is 1. The Balaban J connectivity index is 3.03. The van der Waals surface area contributed by atoms with Gasteiger partial charge in [-0.05, 0) is 12.1 Å². The number of anilines is 1. The topological polar surface area (TPSA) is 71.5 Å². The maximum absolute atomic E-state index is 11.1. The average molecular weight is 252 g/mol. The van der Waals surface area contributed by atoms with E-state index in [9.17, 15) is 4.79 Å². The predicted octanol–water partition coefficient (Wildman–Crippen LogP) is 2.14. The molecule has 18 heavy (non-hydrogen) atoms. The minimum atomic E-state index is -0.947. The third-order valence-electron chi connectivity index (χ3n) is 2.45. The van der Waals surface area contributed by atoms with Crippen LogP contribution in [0.15, 0.2) is 12.1 Å². The molecule has 0 saturated carbocycles. The van der Waals surface area contributed by atoms with Crippen LogP contribution >= 0.6 is 0 Å². The fourth-order valence-corrected chi connectivity index (χ4v) is 1.41. The molecular formula is C13H20N2O3. The molecule has 0 aliphatic carbocycles. The van der Waals surface area contributed by atoms with Gasteiger partial charge in [0.1, 0.15) is 5.82 Å². The maximum atomic E-state index is 11.1. The van der Waals surface area contributed by atoms with Crippen molar-refractivity contribution in [3.63, 3.8) is 0 Å². The molecule has 1 aromatic heterocycles. The molecule has 1 aromatic rings. The molecule has 5 heteroatoms. The summed E-state index contributed by atoms with van der Waals surface area (Å²) in [7, 11) is 1.61. The highest BCUT2D eigenvalue weighted by atomic mass is 16.5. The van der Waals surface area contributed by atoms with E-state index in [2.05, 4.69) is 10.3 Å². The lowest BCUT2D eigenvalue weighted by molar-refractivity contribution is 0.0696. The Kier molecular flexibility index (Phi) is 4.67. The first kappa shape index (κ1) is 14.4. The number of carboxylic acid groups (broad SMARTS) is 1. The summed E-state index contributed by atoms with van der Waals surface area (Å²) >= 11 is 0. The Labute approximate surface area is 107 Å². The van der Waals surface area contributed by atoms with Crippen LogP contribution in [-0.2, 0) is 10.2 Å². The number of methoxy groups -OCH3 is 1. The van der Waals surface area contributed by atoms with Crippen molar-refractivity contribution in [2.45, 2.75) is 26.2 Å². The molecule has 0 radical (unpaired) electrons. The lowest BCUT2D eigenvalue weighted by Gasteiger charge is -2.19. The van der Waals surface area contributed by atoms with Gasteiger partial charge in [-0.1, -0.05) is 20.8 Å². The van der Waals surface area contributed by atoms with Crippen molar-refractivity contribution < 1.29 is 14.6 Å². The zero-order valence-electron chi connectivity index (χ0n) is 11.3. The van der Waals surface area contributed by atoms with Gasteiger partial charge < -0.3 is 15.2 Å². The van der Waals surface area contributed by atoms with E-state index in [1.54, 1.807) is 13.2 Å². The Hall–Kier alpha value is -1.62. The van der Waals surface area contributed by atoms with Crippen molar-refractivity contribution >= 4 is 11.8 Å². The molecule has 100 valence electrons. The van der Waals surface area contributed by atoms with Gasteiger partial charge in [-0.25, -0.2) is 9.78 Å². The van der Waals surface area contributed by atoms with E-state index < -0.39 is 5.97 Å². The standard InChI is InChI=1S/C13H20N2O3/c1-13(2,3)10-7-9(12(16)17)8-11(15-10)14-5-6-18-4/h7-8H,5-6H2,1-4H3,(H,14,15)(H,16,17). The summed E-state index contributed by atoms with van der Waals surface area (Å²) in [5.74, 6) is -0.380. The van der Waals surface area contributed by atoms with Crippen LogP contribution in [0.1, 0.15) is 36.8 Å². The molecule has 0 saturated heterocycles. The number of aromatic carboxylic acids is 1. The van der Waals surface area contributed by atoms with Crippen LogP contribution < -0.4 is 5.32 Å². The smallest absolute Gasteiger partial charge is 0.335 e. The summed E-state index contributed by atoms with van der Waals surface area (Å²) in [6.45, 7) is 7.14. The van der Waals surface area contributed by atoms with Crippen LogP contribution in [0.3, 0.4) is 0 Å². The van der Waals surface area contributed by atoms with Crippen molar-refractivity contribution in [3.8, 4) is 0 Å². The summed E-state index contributed by atoms with van der Waals surface area (Å²) in [5, 5.41) is 12.1. The molecular weight excluding hydrogens is 232 g/mol. The van der Waals surface area contributed by atoms with Gasteiger partial charge in [-0.3, -0.25) is 0 Å². The number of hydrogen-bond acceptors (Lipinski definition) is 4. The average Bonchev–Trinajstić information content (AvgIpc) is 2.28. The minimum absolute atomic E-state index is 0.191. The highest BCUT2D eigenvalue weighted by molar-refractivity contribution is 5.88. The number of pyridine rings is 1. The van der Waals surface area contributed by atoms with Crippen LogP contribution in [0.2, 0.25) is 0 Å². The highest BCUT2D eigenvalue weighted by Crippen LogP contribution is 2.23. The van der Waals surface area contributed by atoms with Gasteiger partial charge in [0.05, 0.1) is 12.2 Å². The quantitative estimate of drug-likeness (QED) is 0.785. The first-order chi connectivity index (χ1) is 8.34. The van der Waals surface area contributed by atoms with E-state index in [1.165, 1.54) is 6.07 Å². The van der Waals surface area contributed by atoms with E-state index in [4.69, 9.17) is 9.84 Å². The van der Waals surface area contributed by atoms with Gasteiger partial charge in [0.25, 0.3) is 0 Å². The molecule has 0 aliphatic rings. The minimum Gasteiger partial charge on any atom is -0.478 e. The molecule has 0 spiro atoms. The number of carbonyl (C=O) groups is 1. The monoisotopic (exact) mass is 252 g/mol. The molecule has 0 aromatic carbocycles. The molecule has 0 atom stereocenters. The summed E-state index contributed by atoms with van der Waals surface area (Å²) in [6, 6.07) is 3.15. The van der Waals surface area contributed by atoms with Gasteiger partial charge >= 0.3 is 5.97 Å². The van der Waals surface area contributed by atoms with Crippen LogP contribution in [0.4, 0.5) is 5.82 Å². The summed E-state index contributed by atoms with van der Waals surface area (Å²) in [5.41, 5.74) is 0.806. The zero-order valence-corrected chi connectivity index (χ0v) is 11.3. The van der Waals surface area contributed by atoms with Crippen molar-refractivity contribution in [2.24, 2.45) is 0 Å². The fraction of sp³-hybridized carbons (Fsp3) is 0.538. The van der Waals surface area contributed by atoms with Crippen molar-refractivity contribution in [1.82, 2.24) is 4.98 Å². The van der Waals surface area contributed by atoms with Gasteiger partial charge in [0.2, 0.25) is 0 Å². The second-order valence-corrected chi connectivity index (χ2v) is 5.10. The van der Waals surface area contributed by atoms with Gasteiger partial charge in [0, 0.05) is 24.8 Å². The number of rotatable bonds is 5. The highest BCUT2D eigenvalue weighted by Gasteiger charge is 2.18. The lowest BCUT2D eigenvalue weighted by atomic mass is 9.91. The number of nitrogens with zero attached hydrogens (tertiary/aromatic N) is 1. The molecule has 1 heterocycles. The van der Waals surface area contributed by atoms with Gasteiger partial charge in [0.15, 0.2) is 0 Å². The first-order valence-electron chi connectivity index (χ1n) is 5.83. The molecule has 0 fully saturated rings. The Bertz CT molecular complexity index is 425. The molecule has 0 unspecified atom stereocenters. The first-order valence-corrected chi connectivity index (χ1v) is 5.83. The second-order valence-electron chi connectivity index (χ2n) is 5.10. The Morgan fingerprint density at radius 3 is 2.61 bits per heavy atom.